The molecule has 2 saturated heterocycles. The SMILES string of the molecule is C=C[Si]1(C)C2=CC(=[N+]3CC(F)(F)C3)C=CC2=C(c2c(F)cc(C(=O)O)cc2F)c2ccc(N3CC(F)(F)C3)cc21. The molecule has 206 valence electrons. The number of benzene rings is 2. The zero-order valence-corrected chi connectivity index (χ0v) is 22.2. The van der Waals surface area contributed by atoms with Crippen molar-refractivity contribution in [1.82, 2.24) is 0 Å². The van der Waals surface area contributed by atoms with Crippen LogP contribution in [-0.4, -0.2) is 67.5 Å². The van der Waals surface area contributed by atoms with Crippen molar-refractivity contribution in [3.05, 3.63) is 99.9 Å². The third-order valence-electron chi connectivity index (χ3n) is 8.03. The molecule has 0 bridgehead atoms. The van der Waals surface area contributed by atoms with Crippen LogP contribution in [0.3, 0.4) is 0 Å². The Balaban J connectivity index is 1.61. The molecule has 4 aliphatic rings. The number of halogens is 6. The van der Waals surface area contributed by atoms with E-state index in [1.54, 1.807) is 42.1 Å². The van der Waals surface area contributed by atoms with Crippen LogP contribution in [0.5, 0.6) is 0 Å². The first-order valence-corrected chi connectivity index (χ1v) is 15.1. The number of hydrogen-bond donors (Lipinski definition) is 1. The summed E-state index contributed by atoms with van der Waals surface area (Å²) in [5, 5.41) is 10.6. The largest absolute Gasteiger partial charge is 0.478 e. The van der Waals surface area contributed by atoms with Gasteiger partial charge in [-0.1, -0.05) is 18.3 Å². The summed E-state index contributed by atoms with van der Waals surface area (Å²) in [6.45, 7) is 4.17. The standard InChI is InChI=1S/C29H22F6N2O2Si/c1-3-40(2)23-10-17(36-12-28(32,33)13-36)4-6-19(23)25(26-21(30)8-16(27(38)39)9-22(26)31)20-7-5-18(11-24(20)40)37-14-29(34,35)15-37/h3-11H,1,12-15H2,2H3/p+1. The second-order valence-corrected chi connectivity index (χ2v) is 14.7. The Labute approximate surface area is 226 Å². The fourth-order valence-electron chi connectivity index (χ4n) is 5.86. The summed E-state index contributed by atoms with van der Waals surface area (Å²) >= 11 is 0. The van der Waals surface area contributed by atoms with Gasteiger partial charge in [0, 0.05) is 23.4 Å². The van der Waals surface area contributed by atoms with Gasteiger partial charge in [0.25, 0.3) is 5.92 Å². The Bertz CT molecular complexity index is 1620. The number of allylic oxidation sites excluding steroid dienone is 5. The molecule has 0 radical (unpaired) electrons. The van der Waals surface area contributed by atoms with Crippen LogP contribution >= 0.6 is 0 Å². The number of nitrogens with zero attached hydrogens (tertiary/aromatic N) is 2. The summed E-state index contributed by atoms with van der Waals surface area (Å²) in [7, 11) is -2.92. The highest BCUT2D eigenvalue weighted by Gasteiger charge is 2.52. The van der Waals surface area contributed by atoms with Crippen molar-refractivity contribution in [3.63, 3.8) is 0 Å². The van der Waals surface area contributed by atoms with Crippen LogP contribution in [0, 0.1) is 11.6 Å². The fourth-order valence-corrected chi connectivity index (χ4v) is 9.02. The van der Waals surface area contributed by atoms with Gasteiger partial charge in [0.2, 0.25) is 13.1 Å². The molecule has 0 saturated carbocycles. The van der Waals surface area contributed by atoms with Crippen LogP contribution in [0.15, 0.2) is 71.6 Å². The summed E-state index contributed by atoms with van der Waals surface area (Å²) in [5.74, 6) is -9.27. The molecule has 1 atom stereocenters. The van der Waals surface area contributed by atoms with E-state index in [2.05, 4.69) is 6.58 Å². The maximum absolute atomic E-state index is 15.5. The third-order valence-corrected chi connectivity index (χ3v) is 11.9. The van der Waals surface area contributed by atoms with Gasteiger partial charge in [0.05, 0.1) is 24.2 Å². The number of carbonyl (C=O) groups is 1. The van der Waals surface area contributed by atoms with Crippen LogP contribution in [-0.2, 0) is 0 Å². The fraction of sp³-hybridized carbons (Fsp3) is 0.241. The topological polar surface area (TPSA) is 43.6 Å². The molecule has 4 nitrogen and oxygen atoms in total. The Kier molecular flexibility index (Phi) is 5.65. The number of aromatic carboxylic acids is 1. The van der Waals surface area contributed by atoms with Gasteiger partial charge in [-0.15, -0.1) is 6.58 Å². The lowest BCUT2D eigenvalue weighted by molar-refractivity contribution is -0.638. The summed E-state index contributed by atoms with van der Waals surface area (Å²) in [6.07, 6.45) is 5.00. The lowest BCUT2D eigenvalue weighted by Gasteiger charge is -2.42. The van der Waals surface area contributed by atoms with E-state index < -0.39 is 74.8 Å². The lowest BCUT2D eigenvalue weighted by Crippen LogP contribution is -2.57. The zero-order valence-electron chi connectivity index (χ0n) is 21.2. The minimum atomic E-state index is -2.92. The van der Waals surface area contributed by atoms with Gasteiger partial charge in [0.1, 0.15) is 19.7 Å². The van der Waals surface area contributed by atoms with Gasteiger partial charge in [-0.2, -0.15) is 8.78 Å². The number of carboxylic acids is 1. The van der Waals surface area contributed by atoms with Crippen LogP contribution in [0.1, 0.15) is 21.5 Å². The average Bonchev–Trinajstić information content (AvgIpc) is 2.86. The predicted octanol–water partition coefficient (Wildman–Crippen LogP) is 5.08. The first-order chi connectivity index (χ1) is 18.7. The number of carboxylic acid groups (broad SMARTS) is 1. The predicted molar refractivity (Wildman–Crippen MR) is 142 cm³/mol. The monoisotopic (exact) mass is 573 g/mol. The summed E-state index contributed by atoms with van der Waals surface area (Å²) in [4.78, 5) is 12.9. The maximum Gasteiger partial charge on any atom is 0.361 e. The molecule has 1 unspecified atom stereocenters. The number of rotatable bonds is 4. The van der Waals surface area contributed by atoms with E-state index in [4.69, 9.17) is 0 Å². The van der Waals surface area contributed by atoms with Crippen molar-refractivity contribution in [3.8, 4) is 0 Å². The van der Waals surface area contributed by atoms with Crippen molar-refractivity contribution < 1.29 is 40.8 Å². The molecule has 6 rings (SSSR count). The van der Waals surface area contributed by atoms with Crippen molar-refractivity contribution in [2.24, 2.45) is 0 Å². The van der Waals surface area contributed by atoms with Gasteiger partial charge in [0.15, 0.2) is 5.71 Å². The van der Waals surface area contributed by atoms with E-state index in [1.807, 2.05) is 6.55 Å². The molecule has 0 aromatic heterocycles. The van der Waals surface area contributed by atoms with Gasteiger partial charge in [-0.05, 0) is 51.9 Å². The Morgan fingerprint density at radius 3 is 2.25 bits per heavy atom. The molecular weight excluding hydrogens is 550 g/mol. The molecule has 0 amide bonds. The molecule has 2 aromatic carbocycles. The summed E-state index contributed by atoms with van der Waals surface area (Å²) < 4.78 is 87.2. The molecule has 1 aliphatic carbocycles. The lowest BCUT2D eigenvalue weighted by atomic mass is 9.88. The second-order valence-electron chi connectivity index (χ2n) is 10.8. The van der Waals surface area contributed by atoms with Crippen LogP contribution in [0.2, 0.25) is 6.55 Å². The first kappa shape index (κ1) is 26.4. The van der Waals surface area contributed by atoms with Gasteiger partial charge in [-0.3, -0.25) is 0 Å². The molecule has 2 aromatic rings. The number of alkyl halides is 4. The van der Waals surface area contributed by atoms with Gasteiger partial charge < -0.3 is 10.0 Å². The van der Waals surface area contributed by atoms with Crippen molar-refractivity contribution in [2.75, 3.05) is 31.1 Å². The minimum absolute atomic E-state index is 0.171. The first-order valence-electron chi connectivity index (χ1n) is 12.5. The highest BCUT2D eigenvalue weighted by atomic mass is 28.3. The van der Waals surface area contributed by atoms with Gasteiger partial charge in [-0.25, -0.2) is 26.9 Å². The van der Waals surface area contributed by atoms with E-state index >= 15 is 8.78 Å². The normalized spacial score (nSPS) is 24.1. The molecule has 2 fully saturated rings. The molecule has 1 N–H and O–H groups in total. The van der Waals surface area contributed by atoms with Crippen molar-refractivity contribution in [2.45, 2.75) is 18.4 Å². The quantitative estimate of drug-likeness (QED) is 0.315. The molecular formula is C29H23F6N2O2Si+. The third kappa shape index (κ3) is 3.97. The van der Waals surface area contributed by atoms with E-state index in [0.29, 0.717) is 32.9 Å². The molecule has 11 heteroatoms. The molecule has 40 heavy (non-hydrogen) atoms. The highest BCUT2D eigenvalue weighted by molar-refractivity contribution is 7.02. The summed E-state index contributed by atoms with van der Waals surface area (Å²) in [5.41, 5.74) is 2.95. The smallest absolute Gasteiger partial charge is 0.361 e. The minimum Gasteiger partial charge on any atom is -0.478 e. The Hall–Kier alpha value is -3.86. The van der Waals surface area contributed by atoms with Crippen LogP contribution < -0.4 is 10.1 Å². The summed E-state index contributed by atoms with van der Waals surface area (Å²) in [6, 6.07) is 6.50. The van der Waals surface area contributed by atoms with Crippen molar-refractivity contribution in [1.29, 1.82) is 0 Å². The zero-order chi connectivity index (χ0) is 28.8. The highest BCUT2D eigenvalue weighted by Crippen LogP contribution is 2.44. The molecule has 3 aliphatic heterocycles. The van der Waals surface area contributed by atoms with E-state index in [-0.39, 0.29) is 5.57 Å². The number of hydrogen-bond acceptors (Lipinski definition) is 2. The van der Waals surface area contributed by atoms with Gasteiger partial charge >= 0.3 is 11.9 Å². The van der Waals surface area contributed by atoms with Crippen LogP contribution in [0.4, 0.5) is 32.0 Å². The maximum atomic E-state index is 15.5. The van der Waals surface area contributed by atoms with E-state index in [1.165, 1.54) is 9.48 Å². The number of anilines is 1. The Morgan fingerprint density at radius 2 is 1.70 bits per heavy atom. The Morgan fingerprint density at radius 1 is 1.05 bits per heavy atom. The molecule has 3 heterocycles. The number of fused-ring (bicyclic) bond motifs is 2. The second kappa shape index (κ2) is 8.57. The van der Waals surface area contributed by atoms with E-state index in [0.717, 1.165) is 12.1 Å². The van der Waals surface area contributed by atoms with Crippen LogP contribution in [0.25, 0.3) is 5.57 Å². The average molecular weight is 574 g/mol. The molecule has 0 spiro atoms. The van der Waals surface area contributed by atoms with E-state index in [9.17, 15) is 27.5 Å². The van der Waals surface area contributed by atoms with Crippen molar-refractivity contribution >= 4 is 36.2 Å².